The summed E-state index contributed by atoms with van der Waals surface area (Å²) in [6, 6.07) is 7.70. The van der Waals surface area contributed by atoms with E-state index in [9.17, 15) is 9.18 Å². The number of hydrogen-bond acceptors (Lipinski definition) is 5. The van der Waals surface area contributed by atoms with Gasteiger partial charge in [-0.05, 0) is 55.2 Å². The standard InChI is InChI=1S/C31H41FN2O3/c1-3-5-7-8-9-10-11-12-14-15-24-22-33-30(34-23-24)25-17-19-28(27(32)21-25)37-31(35)29-20-18-26(36-29)16-13-6-4-2/h17-23H,3-16H2,1-2H3. The molecule has 200 valence electrons. The molecule has 0 N–H and O–H groups in total. The molecule has 0 atom stereocenters. The molecule has 3 aromatic rings. The predicted octanol–water partition coefficient (Wildman–Crippen LogP) is 8.90. The molecule has 1 aromatic carbocycles. The SMILES string of the molecule is CCCCCCCCCCCc1cnc(-c2ccc(OC(=O)c3ccc(CCCCC)o3)c(F)c2)nc1. The van der Waals surface area contributed by atoms with Gasteiger partial charge in [-0.25, -0.2) is 19.2 Å². The number of carbonyl (C=O) groups is 1. The molecule has 0 aliphatic carbocycles. The molecule has 0 bridgehead atoms. The van der Waals surface area contributed by atoms with Crippen LogP contribution in [0.25, 0.3) is 11.4 Å². The average molecular weight is 509 g/mol. The molecule has 37 heavy (non-hydrogen) atoms. The van der Waals surface area contributed by atoms with Gasteiger partial charge in [0, 0.05) is 24.4 Å². The van der Waals surface area contributed by atoms with Crippen LogP contribution in [0.15, 0.2) is 47.1 Å². The third kappa shape index (κ3) is 9.75. The second-order valence-electron chi connectivity index (χ2n) is 9.75. The van der Waals surface area contributed by atoms with Crippen molar-refractivity contribution in [2.45, 2.75) is 104 Å². The van der Waals surface area contributed by atoms with Crippen LogP contribution >= 0.6 is 0 Å². The van der Waals surface area contributed by atoms with Gasteiger partial charge in [0.25, 0.3) is 0 Å². The van der Waals surface area contributed by atoms with Gasteiger partial charge in [0.1, 0.15) is 5.76 Å². The van der Waals surface area contributed by atoms with Crippen LogP contribution < -0.4 is 4.74 Å². The summed E-state index contributed by atoms with van der Waals surface area (Å²) >= 11 is 0. The molecule has 5 nitrogen and oxygen atoms in total. The van der Waals surface area contributed by atoms with Crippen LogP contribution in [-0.4, -0.2) is 15.9 Å². The molecule has 2 heterocycles. The second kappa shape index (κ2) is 16.0. The first-order chi connectivity index (χ1) is 18.1. The van der Waals surface area contributed by atoms with Crippen LogP contribution in [0.5, 0.6) is 5.75 Å². The van der Waals surface area contributed by atoms with Crippen molar-refractivity contribution in [1.82, 2.24) is 9.97 Å². The van der Waals surface area contributed by atoms with Crippen molar-refractivity contribution in [2.75, 3.05) is 0 Å². The number of aryl methyl sites for hydroxylation is 2. The summed E-state index contributed by atoms with van der Waals surface area (Å²) < 4.78 is 25.5. The minimum absolute atomic E-state index is 0.0703. The number of hydrogen-bond donors (Lipinski definition) is 0. The lowest BCUT2D eigenvalue weighted by Gasteiger charge is -2.07. The summed E-state index contributed by atoms with van der Waals surface area (Å²) in [5, 5.41) is 0. The highest BCUT2D eigenvalue weighted by atomic mass is 19.1. The maximum Gasteiger partial charge on any atom is 0.379 e. The lowest BCUT2D eigenvalue weighted by atomic mass is 10.1. The second-order valence-corrected chi connectivity index (χ2v) is 9.75. The van der Waals surface area contributed by atoms with Crippen molar-refractivity contribution in [3.05, 3.63) is 65.6 Å². The van der Waals surface area contributed by atoms with E-state index in [4.69, 9.17) is 9.15 Å². The Balaban J connectivity index is 1.45. The topological polar surface area (TPSA) is 65.2 Å². The maximum atomic E-state index is 14.7. The van der Waals surface area contributed by atoms with Crippen molar-refractivity contribution in [1.29, 1.82) is 0 Å². The van der Waals surface area contributed by atoms with Gasteiger partial charge in [-0.2, -0.15) is 0 Å². The van der Waals surface area contributed by atoms with Crippen molar-refractivity contribution in [2.24, 2.45) is 0 Å². The normalized spacial score (nSPS) is 11.1. The number of ether oxygens (including phenoxy) is 1. The van der Waals surface area contributed by atoms with Gasteiger partial charge in [0.15, 0.2) is 17.4 Å². The third-order valence-corrected chi connectivity index (χ3v) is 6.56. The molecular formula is C31H41FN2O3. The Morgan fingerprint density at radius 3 is 2.11 bits per heavy atom. The van der Waals surface area contributed by atoms with Gasteiger partial charge in [0.2, 0.25) is 5.76 Å². The summed E-state index contributed by atoms with van der Waals surface area (Å²) in [6.07, 6.45) is 20.2. The van der Waals surface area contributed by atoms with Crippen LogP contribution in [0.1, 0.15) is 113 Å². The van der Waals surface area contributed by atoms with Gasteiger partial charge in [-0.1, -0.05) is 78.1 Å². The number of carbonyl (C=O) groups excluding carboxylic acids is 1. The van der Waals surface area contributed by atoms with Gasteiger partial charge < -0.3 is 9.15 Å². The highest BCUT2D eigenvalue weighted by Crippen LogP contribution is 2.25. The van der Waals surface area contributed by atoms with Crippen LogP contribution in [0, 0.1) is 5.82 Å². The van der Waals surface area contributed by atoms with Crippen molar-refractivity contribution >= 4 is 5.97 Å². The number of benzene rings is 1. The fourth-order valence-corrected chi connectivity index (χ4v) is 4.32. The fraction of sp³-hybridized carbons (Fsp3) is 0.516. The minimum atomic E-state index is -0.717. The Kier molecular flexibility index (Phi) is 12.3. The van der Waals surface area contributed by atoms with E-state index in [1.807, 2.05) is 12.4 Å². The zero-order valence-corrected chi connectivity index (χ0v) is 22.4. The van der Waals surface area contributed by atoms with E-state index < -0.39 is 11.8 Å². The van der Waals surface area contributed by atoms with E-state index in [1.165, 1.54) is 63.5 Å². The van der Waals surface area contributed by atoms with Gasteiger partial charge in [-0.3, -0.25) is 0 Å². The summed E-state index contributed by atoms with van der Waals surface area (Å²) in [6.45, 7) is 4.38. The molecule has 0 aliphatic heterocycles. The first kappa shape index (κ1) is 28.5. The lowest BCUT2D eigenvalue weighted by Crippen LogP contribution is -2.08. The van der Waals surface area contributed by atoms with Crippen LogP contribution in [0.3, 0.4) is 0 Å². The van der Waals surface area contributed by atoms with Crippen molar-refractivity contribution < 1.29 is 18.3 Å². The summed E-state index contributed by atoms with van der Waals surface area (Å²) in [4.78, 5) is 21.2. The molecule has 6 heteroatoms. The quantitative estimate of drug-likeness (QED) is 0.103. The molecule has 0 saturated heterocycles. The van der Waals surface area contributed by atoms with E-state index in [1.54, 1.807) is 18.2 Å². The number of nitrogens with zero attached hydrogens (tertiary/aromatic N) is 2. The number of rotatable bonds is 17. The molecule has 0 unspecified atom stereocenters. The smallest absolute Gasteiger partial charge is 0.379 e. The monoisotopic (exact) mass is 508 g/mol. The predicted molar refractivity (Wildman–Crippen MR) is 145 cm³/mol. The van der Waals surface area contributed by atoms with Gasteiger partial charge >= 0.3 is 5.97 Å². The number of furan rings is 1. The molecule has 0 radical (unpaired) electrons. The highest BCUT2D eigenvalue weighted by Gasteiger charge is 2.17. The molecule has 0 aliphatic rings. The van der Waals surface area contributed by atoms with Crippen LogP contribution in [0.2, 0.25) is 0 Å². The third-order valence-electron chi connectivity index (χ3n) is 6.56. The number of aromatic nitrogens is 2. The molecule has 2 aromatic heterocycles. The molecule has 3 rings (SSSR count). The zero-order chi connectivity index (χ0) is 26.3. The highest BCUT2D eigenvalue weighted by molar-refractivity contribution is 5.88. The van der Waals surface area contributed by atoms with Crippen LogP contribution in [0.4, 0.5) is 4.39 Å². The molecule has 0 saturated carbocycles. The number of esters is 1. The Labute approximate surface area is 220 Å². The van der Waals surface area contributed by atoms with Gasteiger partial charge in [0.05, 0.1) is 0 Å². The van der Waals surface area contributed by atoms with E-state index >= 15 is 0 Å². The van der Waals surface area contributed by atoms with E-state index in [2.05, 4.69) is 23.8 Å². The number of unbranched alkanes of at least 4 members (excludes halogenated alkanes) is 10. The molecule has 0 fully saturated rings. The molecule has 0 spiro atoms. The summed E-state index contributed by atoms with van der Waals surface area (Å²) in [5.41, 5.74) is 1.62. The summed E-state index contributed by atoms with van der Waals surface area (Å²) in [5.74, 6) is -0.279. The largest absolute Gasteiger partial charge is 0.454 e. The van der Waals surface area contributed by atoms with E-state index in [-0.39, 0.29) is 11.5 Å². The fourth-order valence-electron chi connectivity index (χ4n) is 4.32. The van der Waals surface area contributed by atoms with E-state index in [0.29, 0.717) is 11.4 Å². The Morgan fingerprint density at radius 2 is 1.43 bits per heavy atom. The molecule has 0 amide bonds. The average Bonchev–Trinajstić information content (AvgIpc) is 3.38. The van der Waals surface area contributed by atoms with E-state index in [0.717, 1.165) is 49.8 Å². The Morgan fingerprint density at radius 1 is 0.811 bits per heavy atom. The van der Waals surface area contributed by atoms with Gasteiger partial charge in [-0.15, -0.1) is 0 Å². The first-order valence-electron chi connectivity index (χ1n) is 14.0. The van der Waals surface area contributed by atoms with Crippen molar-refractivity contribution in [3.63, 3.8) is 0 Å². The maximum absolute atomic E-state index is 14.7. The first-order valence-corrected chi connectivity index (χ1v) is 14.0. The Bertz CT molecular complexity index is 1080. The lowest BCUT2D eigenvalue weighted by molar-refractivity contribution is 0.0692. The van der Waals surface area contributed by atoms with Crippen LogP contribution in [-0.2, 0) is 12.8 Å². The number of halogens is 1. The minimum Gasteiger partial charge on any atom is -0.454 e. The zero-order valence-electron chi connectivity index (χ0n) is 22.4. The Hall–Kier alpha value is -3.02. The molecular weight excluding hydrogens is 467 g/mol. The summed E-state index contributed by atoms with van der Waals surface area (Å²) in [7, 11) is 0. The van der Waals surface area contributed by atoms with Crippen molar-refractivity contribution in [3.8, 4) is 17.1 Å².